The molecule has 0 fully saturated rings. The lowest BCUT2D eigenvalue weighted by molar-refractivity contribution is 1.23. The maximum absolute atomic E-state index is 11.3. The summed E-state index contributed by atoms with van der Waals surface area (Å²) < 4.78 is 0. The van der Waals surface area contributed by atoms with E-state index in [1.165, 1.54) is 0 Å². The lowest BCUT2D eigenvalue weighted by Crippen LogP contribution is -2.08. The number of H-pyrrole nitrogens is 1. The van der Waals surface area contributed by atoms with Crippen LogP contribution in [0.1, 0.15) is 11.1 Å². The van der Waals surface area contributed by atoms with Gasteiger partial charge in [-0.25, -0.2) is 0 Å². The highest BCUT2D eigenvalue weighted by Crippen LogP contribution is 2.14. The number of fused-ring (bicyclic) bond motifs is 1. The molecule has 2 nitrogen and oxygen atoms in total. The highest BCUT2D eigenvalue weighted by Gasteiger charge is 1.99. The first kappa shape index (κ1) is 9.28. The molecule has 0 saturated heterocycles. The largest absolute Gasteiger partial charge is 0.322 e. The average Bonchev–Trinajstić information content (AvgIpc) is 2.19. The van der Waals surface area contributed by atoms with Gasteiger partial charge in [-0.2, -0.15) is 0 Å². The minimum Gasteiger partial charge on any atom is -0.322 e. The summed E-state index contributed by atoms with van der Waals surface area (Å²) in [5.74, 6) is 0.464. The Kier molecular flexibility index (Phi) is 2.30. The molecule has 0 amide bonds. The van der Waals surface area contributed by atoms with E-state index in [1.807, 2.05) is 24.3 Å². The van der Waals surface area contributed by atoms with E-state index in [1.54, 1.807) is 6.92 Å². The van der Waals surface area contributed by atoms with Gasteiger partial charge in [0.2, 0.25) is 0 Å². The van der Waals surface area contributed by atoms with Gasteiger partial charge in [-0.15, -0.1) is 11.6 Å². The summed E-state index contributed by atoms with van der Waals surface area (Å²) >= 11 is 5.71. The molecule has 0 bridgehead atoms. The van der Waals surface area contributed by atoms with Crippen molar-refractivity contribution in [3.8, 4) is 0 Å². The minimum atomic E-state index is -0.0378. The fourth-order valence-electron chi connectivity index (χ4n) is 1.44. The van der Waals surface area contributed by atoms with Gasteiger partial charge >= 0.3 is 0 Å². The molecule has 2 aromatic rings. The summed E-state index contributed by atoms with van der Waals surface area (Å²) in [6.07, 6.45) is 0. The molecule has 0 atom stereocenters. The Morgan fingerprint density at radius 2 is 2.14 bits per heavy atom. The fraction of sp³-hybridized carbons (Fsp3) is 0.182. The van der Waals surface area contributed by atoms with Crippen LogP contribution in [0.5, 0.6) is 0 Å². The number of hydrogen-bond donors (Lipinski definition) is 1. The zero-order valence-electron chi connectivity index (χ0n) is 7.80. The van der Waals surface area contributed by atoms with Crippen LogP contribution < -0.4 is 5.56 Å². The maximum atomic E-state index is 11.3. The topological polar surface area (TPSA) is 32.9 Å². The number of pyridine rings is 1. The molecule has 1 N–H and O–H groups in total. The van der Waals surface area contributed by atoms with E-state index in [2.05, 4.69) is 4.98 Å². The van der Waals surface area contributed by atoms with Gasteiger partial charge in [0.1, 0.15) is 0 Å². The van der Waals surface area contributed by atoms with Crippen LogP contribution in [0.25, 0.3) is 10.9 Å². The highest BCUT2D eigenvalue weighted by atomic mass is 35.5. The van der Waals surface area contributed by atoms with Gasteiger partial charge in [0.25, 0.3) is 5.56 Å². The summed E-state index contributed by atoms with van der Waals surface area (Å²) in [6, 6.07) is 7.72. The third-order valence-electron chi connectivity index (χ3n) is 2.25. The lowest BCUT2D eigenvalue weighted by Gasteiger charge is -2.01. The molecule has 2 rings (SSSR count). The molecule has 0 aliphatic carbocycles. The van der Waals surface area contributed by atoms with Crippen molar-refractivity contribution in [1.29, 1.82) is 0 Å². The molecule has 0 spiro atoms. The summed E-state index contributed by atoms with van der Waals surface area (Å²) in [5.41, 5.74) is 2.55. The Balaban J connectivity index is 2.77. The number of rotatable bonds is 1. The Hall–Kier alpha value is -1.28. The second kappa shape index (κ2) is 3.46. The zero-order chi connectivity index (χ0) is 10.1. The van der Waals surface area contributed by atoms with Crippen molar-refractivity contribution in [2.45, 2.75) is 12.8 Å². The number of aryl methyl sites for hydroxylation is 1. The van der Waals surface area contributed by atoms with Crippen LogP contribution in [0, 0.1) is 6.92 Å². The Labute approximate surface area is 86.5 Å². The van der Waals surface area contributed by atoms with Gasteiger partial charge in [-0.05, 0) is 30.0 Å². The van der Waals surface area contributed by atoms with Crippen molar-refractivity contribution < 1.29 is 0 Å². The normalized spacial score (nSPS) is 10.7. The molecule has 0 aliphatic rings. The van der Waals surface area contributed by atoms with Gasteiger partial charge in [-0.1, -0.05) is 12.1 Å². The van der Waals surface area contributed by atoms with E-state index in [0.29, 0.717) is 5.88 Å². The SMILES string of the molecule is Cc1cc2ccc(CCl)cc2[nH]c1=O. The zero-order valence-corrected chi connectivity index (χ0v) is 8.56. The van der Waals surface area contributed by atoms with Crippen LogP contribution in [0.4, 0.5) is 0 Å². The second-order valence-electron chi connectivity index (χ2n) is 3.34. The van der Waals surface area contributed by atoms with Crippen LogP contribution in [-0.4, -0.2) is 4.98 Å². The Bertz CT molecular complexity index is 530. The van der Waals surface area contributed by atoms with E-state index in [-0.39, 0.29) is 5.56 Å². The van der Waals surface area contributed by atoms with Crippen LogP contribution in [0.15, 0.2) is 29.1 Å². The summed E-state index contributed by atoms with van der Waals surface area (Å²) in [7, 11) is 0. The van der Waals surface area contributed by atoms with E-state index in [4.69, 9.17) is 11.6 Å². The molecule has 14 heavy (non-hydrogen) atoms. The van der Waals surface area contributed by atoms with Crippen LogP contribution in [0.2, 0.25) is 0 Å². The molecular formula is C11H10ClNO. The maximum Gasteiger partial charge on any atom is 0.251 e. The van der Waals surface area contributed by atoms with E-state index >= 15 is 0 Å². The number of benzene rings is 1. The summed E-state index contributed by atoms with van der Waals surface area (Å²) in [4.78, 5) is 14.2. The van der Waals surface area contributed by atoms with Crippen molar-refractivity contribution in [3.05, 3.63) is 45.7 Å². The van der Waals surface area contributed by atoms with Crippen molar-refractivity contribution in [2.75, 3.05) is 0 Å². The molecule has 3 heteroatoms. The van der Waals surface area contributed by atoms with Gasteiger partial charge in [-0.3, -0.25) is 4.79 Å². The van der Waals surface area contributed by atoms with Crippen LogP contribution in [-0.2, 0) is 5.88 Å². The average molecular weight is 208 g/mol. The fourth-order valence-corrected chi connectivity index (χ4v) is 1.61. The molecule has 0 radical (unpaired) electrons. The van der Waals surface area contributed by atoms with Crippen molar-refractivity contribution >= 4 is 22.5 Å². The van der Waals surface area contributed by atoms with E-state index in [0.717, 1.165) is 22.0 Å². The highest BCUT2D eigenvalue weighted by molar-refractivity contribution is 6.17. The molecule has 0 saturated carbocycles. The quantitative estimate of drug-likeness (QED) is 0.717. The van der Waals surface area contributed by atoms with E-state index < -0.39 is 0 Å². The predicted molar refractivity (Wildman–Crippen MR) is 58.9 cm³/mol. The van der Waals surface area contributed by atoms with Crippen molar-refractivity contribution in [3.63, 3.8) is 0 Å². The number of alkyl halides is 1. The first-order valence-electron chi connectivity index (χ1n) is 4.39. The van der Waals surface area contributed by atoms with Crippen molar-refractivity contribution in [2.24, 2.45) is 0 Å². The molecular weight excluding hydrogens is 198 g/mol. The number of aromatic nitrogens is 1. The smallest absolute Gasteiger partial charge is 0.251 e. The lowest BCUT2D eigenvalue weighted by atomic mass is 10.1. The standard InChI is InChI=1S/C11H10ClNO/c1-7-4-9-3-2-8(6-12)5-10(9)13-11(7)14/h2-5H,6H2,1H3,(H,13,14). The van der Waals surface area contributed by atoms with Gasteiger partial charge < -0.3 is 4.98 Å². The predicted octanol–water partition coefficient (Wildman–Crippen LogP) is 2.58. The number of hydrogen-bond acceptors (Lipinski definition) is 1. The molecule has 0 aliphatic heterocycles. The van der Waals surface area contributed by atoms with Crippen LogP contribution in [0.3, 0.4) is 0 Å². The van der Waals surface area contributed by atoms with Gasteiger partial charge in [0, 0.05) is 17.0 Å². The Morgan fingerprint density at radius 3 is 2.86 bits per heavy atom. The van der Waals surface area contributed by atoms with Crippen molar-refractivity contribution in [1.82, 2.24) is 4.98 Å². The molecule has 1 aromatic heterocycles. The van der Waals surface area contributed by atoms with E-state index in [9.17, 15) is 4.79 Å². The second-order valence-corrected chi connectivity index (χ2v) is 3.60. The monoisotopic (exact) mass is 207 g/mol. The number of nitrogens with one attached hydrogen (secondary N) is 1. The third-order valence-corrected chi connectivity index (χ3v) is 2.56. The number of aromatic amines is 1. The molecule has 72 valence electrons. The third kappa shape index (κ3) is 1.53. The Morgan fingerprint density at radius 1 is 1.36 bits per heavy atom. The van der Waals surface area contributed by atoms with Crippen LogP contribution >= 0.6 is 11.6 Å². The molecule has 1 heterocycles. The first-order chi connectivity index (χ1) is 6.70. The number of halogens is 1. The summed E-state index contributed by atoms with van der Waals surface area (Å²) in [5, 5.41) is 1.04. The first-order valence-corrected chi connectivity index (χ1v) is 4.92. The molecule has 1 aromatic carbocycles. The molecule has 0 unspecified atom stereocenters. The van der Waals surface area contributed by atoms with Gasteiger partial charge in [0.15, 0.2) is 0 Å². The minimum absolute atomic E-state index is 0.0378. The summed E-state index contributed by atoms with van der Waals surface area (Å²) in [6.45, 7) is 1.80. The van der Waals surface area contributed by atoms with Gasteiger partial charge in [0.05, 0.1) is 0 Å².